The molecule has 0 saturated carbocycles. The lowest BCUT2D eigenvalue weighted by Gasteiger charge is -2.23. The largest absolute Gasteiger partial charge is 0.481 e. The van der Waals surface area contributed by atoms with Crippen LogP contribution in [0.2, 0.25) is 0 Å². The Morgan fingerprint density at radius 3 is 1.50 bits per heavy atom. The van der Waals surface area contributed by atoms with Crippen LogP contribution >= 0.6 is 0 Å². The van der Waals surface area contributed by atoms with E-state index in [-0.39, 0.29) is 0 Å². The number of carbonyl (C=O) groups is 6. The maximum absolute atomic E-state index is 12.1. The van der Waals surface area contributed by atoms with Gasteiger partial charge in [-0.2, -0.15) is 0 Å². The lowest BCUT2D eigenvalue weighted by atomic mass is 10.1. The highest BCUT2D eigenvalue weighted by atomic mass is 16.4. The fraction of sp³-hybridized carbons (Fsp3) is 0.600. The molecule has 0 fully saturated rings. The third kappa shape index (κ3) is 9.76. The number of hydrogen-bond donors (Lipinski definition) is 9. The molecule has 0 rings (SSSR count). The minimum Gasteiger partial charge on any atom is -0.481 e. The van der Waals surface area contributed by atoms with Crippen molar-refractivity contribution < 1.29 is 54.3 Å². The molecule has 4 unspecified atom stereocenters. The van der Waals surface area contributed by atoms with E-state index >= 15 is 0 Å². The Balaban J connectivity index is 5.00. The molecule has 0 aromatic rings. The maximum Gasteiger partial charge on any atom is 0.326 e. The summed E-state index contributed by atoms with van der Waals surface area (Å²) >= 11 is 0. The Bertz CT molecular complexity index is 669. The molecule has 0 aromatic carbocycles. The van der Waals surface area contributed by atoms with Crippen molar-refractivity contribution >= 4 is 35.6 Å². The summed E-state index contributed by atoms with van der Waals surface area (Å²) in [6, 6.07) is -6.47. The first-order valence-electron chi connectivity index (χ1n) is 8.47. The number of hydrogen-bond acceptors (Lipinski definition) is 9. The van der Waals surface area contributed by atoms with Crippen LogP contribution in [0, 0.1) is 0 Å². The van der Waals surface area contributed by atoms with Crippen LogP contribution in [0.3, 0.4) is 0 Å². The molecule has 0 heterocycles. The molecule has 0 bridgehead atoms. The van der Waals surface area contributed by atoms with Gasteiger partial charge in [-0.05, 0) is 6.42 Å². The average Bonchev–Trinajstić information content (AvgIpc) is 2.65. The molecule has 0 aliphatic carbocycles. The van der Waals surface area contributed by atoms with Crippen LogP contribution in [-0.4, -0.2) is 98.5 Å². The molecule has 0 saturated heterocycles. The number of nitrogens with one attached hydrogen (secondary N) is 3. The molecule has 4 atom stereocenters. The Morgan fingerprint density at radius 1 is 0.700 bits per heavy atom. The lowest BCUT2D eigenvalue weighted by molar-refractivity contribution is -0.143. The van der Waals surface area contributed by atoms with Crippen molar-refractivity contribution in [3.05, 3.63) is 0 Å². The second kappa shape index (κ2) is 13.0. The van der Waals surface area contributed by atoms with E-state index < -0.39 is 92.3 Å². The fourth-order valence-electron chi connectivity index (χ4n) is 2.02. The van der Waals surface area contributed by atoms with Crippen molar-refractivity contribution in [2.75, 3.05) is 13.2 Å². The number of amides is 3. The van der Waals surface area contributed by atoms with Gasteiger partial charge in [0.2, 0.25) is 17.7 Å². The van der Waals surface area contributed by atoms with Crippen molar-refractivity contribution in [1.82, 2.24) is 16.0 Å². The van der Waals surface area contributed by atoms with Gasteiger partial charge in [0, 0.05) is 6.42 Å². The average molecular weight is 436 g/mol. The molecule has 170 valence electrons. The first-order chi connectivity index (χ1) is 13.9. The Kier molecular flexibility index (Phi) is 11.6. The second-order valence-electron chi connectivity index (χ2n) is 6.02. The first-order valence-corrected chi connectivity index (χ1v) is 8.47. The summed E-state index contributed by atoms with van der Waals surface area (Å²) in [5, 5.41) is 50.6. The van der Waals surface area contributed by atoms with Crippen molar-refractivity contribution in [1.29, 1.82) is 0 Å². The number of carboxylic acid groups (broad SMARTS) is 3. The van der Waals surface area contributed by atoms with Crippen molar-refractivity contribution in [2.24, 2.45) is 5.73 Å². The summed E-state index contributed by atoms with van der Waals surface area (Å²) < 4.78 is 0. The molecule has 0 spiro atoms. The predicted molar refractivity (Wildman–Crippen MR) is 94.7 cm³/mol. The monoisotopic (exact) mass is 436 g/mol. The first kappa shape index (κ1) is 26.7. The number of nitrogens with two attached hydrogens (primary N) is 1. The van der Waals surface area contributed by atoms with Gasteiger partial charge in [-0.15, -0.1) is 0 Å². The third-order valence-corrected chi connectivity index (χ3v) is 3.62. The van der Waals surface area contributed by atoms with Crippen LogP contribution in [0.15, 0.2) is 0 Å². The highest BCUT2D eigenvalue weighted by Gasteiger charge is 2.30. The molecule has 30 heavy (non-hydrogen) atoms. The molecule has 0 radical (unpaired) electrons. The van der Waals surface area contributed by atoms with E-state index in [0.29, 0.717) is 0 Å². The van der Waals surface area contributed by atoms with E-state index in [0.717, 1.165) is 0 Å². The predicted octanol–water partition coefficient (Wildman–Crippen LogP) is -4.82. The van der Waals surface area contributed by atoms with Crippen molar-refractivity contribution in [3.63, 3.8) is 0 Å². The van der Waals surface area contributed by atoms with Gasteiger partial charge >= 0.3 is 17.9 Å². The Hall–Kier alpha value is -3.30. The molecule has 3 amide bonds. The highest BCUT2D eigenvalue weighted by molar-refractivity contribution is 5.94. The SMILES string of the molecule is NC(CC(=O)O)C(=O)NC(CO)C(=O)NC(CO)C(=O)NC(CCC(=O)O)C(=O)O. The molecular formula is C15H24N4O11. The van der Waals surface area contributed by atoms with Gasteiger partial charge in [-0.25, -0.2) is 4.79 Å². The minimum absolute atomic E-state index is 0.459. The number of rotatable bonds is 14. The van der Waals surface area contributed by atoms with Crippen molar-refractivity contribution in [3.8, 4) is 0 Å². The zero-order valence-electron chi connectivity index (χ0n) is 15.6. The van der Waals surface area contributed by atoms with Gasteiger partial charge in [0.25, 0.3) is 0 Å². The zero-order chi connectivity index (χ0) is 23.4. The van der Waals surface area contributed by atoms with Gasteiger partial charge in [0.05, 0.1) is 25.7 Å². The van der Waals surface area contributed by atoms with E-state index in [9.17, 15) is 39.0 Å². The summed E-state index contributed by atoms with van der Waals surface area (Å²) in [5.74, 6) is -7.60. The van der Waals surface area contributed by atoms with Gasteiger partial charge < -0.3 is 47.2 Å². The van der Waals surface area contributed by atoms with Crippen LogP contribution < -0.4 is 21.7 Å². The topological polar surface area (TPSA) is 266 Å². The smallest absolute Gasteiger partial charge is 0.326 e. The number of aliphatic hydroxyl groups is 2. The number of carboxylic acids is 3. The van der Waals surface area contributed by atoms with Crippen LogP contribution in [0.5, 0.6) is 0 Å². The van der Waals surface area contributed by atoms with Crippen LogP contribution in [-0.2, 0) is 28.8 Å². The van der Waals surface area contributed by atoms with Crippen LogP contribution in [0.25, 0.3) is 0 Å². The minimum atomic E-state index is -1.69. The van der Waals surface area contributed by atoms with E-state index in [1.807, 2.05) is 16.0 Å². The third-order valence-electron chi connectivity index (χ3n) is 3.62. The van der Waals surface area contributed by atoms with Gasteiger partial charge in [-0.3, -0.25) is 24.0 Å². The summed E-state index contributed by atoms with van der Waals surface area (Å²) in [6.07, 6.45) is -1.78. The number of aliphatic hydroxyl groups excluding tert-OH is 2. The summed E-state index contributed by atoms with van der Waals surface area (Å²) in [4.78, 5) is 68.2. The van der Waals surface area contributed by atoms with E-state index in [1.165, 1.54) is 0 Å². The normalized spacial score (nSPS) is 14.5. The number of carbonyl (C=O) groups excluding carboxylic acids is 3. The molecule has 0 aromatic heterocycles. The number of aliphatic carboxylic acids is 3. The Labute approximate surface area is 169 Å². The molecule has 15 nitrogen and oxygen atoms in total. The van der Waals surface area contributed by atoms with Crippen LogP contribution in [0.1, 0.15) is 19.3 Å². The maximum atomic E-state index is 12.1. The Morgan fingerprint density at radius 2 is 1.13 bits per heavy atom. The van der Waals surface area contributed by atoms with E-state index in [2.05, 4.69) is 0 Å². The molecule has 0 aliphatic heterocycles. The summed E-state index contributed by atoms with van der Waals surface area (Å²) in [5.41, 5.74) is 5.32. The zero-order valence-corrected chi connectivity index (χ0v) is 15.6. The lowest BCUT2D eigenvalue weighted by Crippen LogP contribution is -2.59. The quantitative estimate of drug-likeness (QED) is 0.124. The van der Waals surface area contributed by atoms with Crippen LogP contribution in [0.4, 0.5) is 0 Å². The van der Waals surface area contributed by atoms with Gasteiger partial charge in [-0.1, -0.05) is 0 Å². The standard InChI is InChI=1S/C15H24N4O11/c16-6(3-11(24)25)12(26)18-8(4-20)14(28)19-9(5-21)13(27)17-7(15(29)30)1-2-10(22)23/h6-9,20-21H,1-5,16H2,(H,17,27)(H,18,26)(H,19,28)(H,22,23)(H,24,25)(H,29,30). The molecular weight excluding hydrogens is 412 g/mol. The summed E-state index contributed by atoms with van der Waals surface area (Å²) in [7, 11) is 0. The molecule has 15 heteroatoms. The van der Waals surface area contributed by atoms with Gasteiger partial charge in [0.15, 0.2) is 0 Å². The summed E-state index contributed by atoms with van der Waals surface area (Å²) in [6.45, 7) is -1.96. The second-order valence-corrected chi connectivity index (χ2v) is 6.02. The van der Waals surface area contributed by atoms with Crippen molar-refractivity contribution in [2.45, 2.75) is 43.4 Å². The molecule has 10 N–H and O–H groups in total. The molecule has 0 aliphatic rings. The van der Waals surface area contributed by atoms with Gasteiger partial charge in [0.1, 0.15) is 18.1 Å². The fourth-order valence-corrected chi connectivity index (χ4v) is 2.02. The van der Waals surface area contributed by atoms with E-state index in [4.69, 9.17) is 21.1 Å². The van der Waals surface area contributed by atoms with E-state index in [1.54, 1.807) is 0 Å². The highest BCUT2D eigenvalue weighted by Crippen LogP contribution is 2.00.